The van der Waals surface area contributed by atoms with Gasteiger partial charge in [-0.1, -0.05) is 28.1 Å². The normalized spacial score (nSPS) is 19.3. The van der Waals surface area contributed by atoms with Crippen molar-refractivity contribution in [2.24, 2.45) is 0 Å². The highest BCUT2D eigenvalue weighted by Gasteiger charge is 2.24. The van der Waals surface area contributed by atoms with Crippen LogP contribution in [0.5, 0.6) is 0 Å². The molecule has 0 N–H and O–H groups in total. The van der Waals surface area contributed by atoms with Gasteiger partial charge in [-0.2, -0.15) is 0 Å². The first-order valence-electron chi connectivity index (χ1n) is 6.73. The van der Waals surface area contributed by atoms with E-state index in [9.17, 15) is 4.79 Å². The number of amides is 1. The molecule has 1 heterocycles. The average molecular weight is 334 g/mol. The van der Waals surface area contributed by atoms with Crippen LogP contribution in [0.15, 0.2) is 40.9 Å². The maximum absolute atomic E-state index is 12.6. The number of carbonyl (C=O) groups excluding carboxylic acids is 1. The van der Waals surface area contributed by atoms with E-state index in [-0.39, 0.29) is 11.9 Å². The van der Waals surface area contributed by atoms with Crippen molar-refractivity contribution in [3.8, 4) is 0 Å². The van der Waals surface area contributed by atoms with Crippen LogP contribution in [-0.2, 0) is 4.74 Å². The molecule has 1 amide bonds. The Morgan fingerprint density at radius 1 is 1.25 bits per heavy atom. The van der Waals surface area contributed by atoms with Crippen LogP contribution in [0.2, 0.25) is 0 Å². The Hall–Kier alpha value is -1.39. The number of nitrogens with zero attached hydrogens (tertiary/aromatic N) is 1. The van der Waals surface area contributed by atoms with Crippen LogP contribution in [-0.4, -0.2) is 36.6 Å². The smallest absolute Gasteiger partial charge is 0.254 e. The van der Waals surface area contributed by atoms with E-state index < -0.39 is 0 Å². The van der Waals surface area contributed by atoms with Crippen LogP contribution < -0.4 is 0 Å². The van der Waals surface area contributed by atoms with Gasteiger partial charge < -0.3 is 9.64 Å². The van der Waals surface area contributed by atoms with Gasteiger partial charge in [0.05, 0.1) is 19.3 Å². The summed E-state index contributed by atoms with van der Waals surface area (Å²) in [7, 11) is 0. The lowest BCUT2D eigenvalue weighted by Crippen LogP contribution is -2.47. The zero-order chi connectivity index (χ0) is 14.1. The van der Waals surface area contributed by atoms with Crippen LogP contribution >= 0.6 is 15.9 Å². The summed E-state index contributed by atoms with van der Waals surface area (Å²) in [6.45, 7) is 3.93. The maximum Gasteiger partial charge on any atom is 0.254 e. The number of morpholine rings is 1. The molecule has 1 aliphatic rings. The maximum atomic E-state index is 12.6. The molecule has 0 spiro atoms. The number of benzene rings is 2. The van der Waals surface area contributed by atoms with E-state index in [0.29, 0.717) is 19.8 Å². The van der Waals surface area contributed by atoms with E-state index in [4.69, 9.17) is 4.74 Å². The molecule has 1 atom stereocenters. The molecule has 4 heteroatoms. The molecule has 0 aliphatic carbocycles. The summed E-state index contributed by atoms with van der Waals surface area (Å²) in [5.41, 5.74) is 0.744. The van der Waals surface area contributed by atoms with E-state index in [1.807, 2.05) is 42.2 Å². The minimum atomic E-state index is 0.0885. The number of hydrogen-bond donors (Lipinski definition) is 0. The minimum absolute atomic E-state index is 0.0885. The lowest BCUT2D eigenvalue weighted by atomic mass is 10.1. The zero-order valence-electron chi connectivity index (χ0n) is 11.3. The Labute approximate surface area is 126 Å². The van der Waals surface area contributed by atoms with Crippen molar-refractivity contribution >= 4 is 32.6 Å². The van der Waals surface area contributed by atoms with Gasteiger partial charge in [-0.3, -0.25) is 4.79 Å². The van der Waals surface area contributed by atoms with Crippen molar-refractivity contribution in [2.75, 3.05) is 19.8 Å². The number of hydrogen-bond acceptors (Lipinski definition) is 2. The predicted octanol–water partition coefficient (Wildman–Crippen LogP) is 3.46. The van der Waals surface area contributed by atoms with E-state index in [0.717, 1.165) is 20.8 Å². The molecule has 20 heavy (non-hydrogen) atoms. The number of rotatable bonds is 1. The summed E-state index contributed by atoms with van der Waals surface area (Å²) < 4.78 is 6.43. The van der Waals surface area contributed by atoms with Gasteiger partial charge in [0.1, 0.15) is 0 Å². The molecule has 2 aromatic rings. The number of halogens is 1. The first kappa shape index (κ1) is 13.6. The van der Waals surface area contributed by atoms with Gasteiger partial charge in [-0.15, -0.1) is 0 Å². The summed E-state index contributed by atoms with van der Waals surface area (Å²) in [6, 6.07) is 12.1. The van der Waals surface area contributed by atoms with Crippen molar-refractivity contribution in [1.82, 2.24) is 4.90 Å². The molecule has 1 aliphatic heterocycles. The minimum Gasteiger partial charge on any atom is -0.377 e. The quantitative estimate of drug-likeness (QED) is 0.799. The summed E-state index contributed by atoms with van der Waals surface area (Å²) >= 11 is 3.46. The second kappa shape index (κ2) is 5.54. The Kier molecular flexibility index (Phi) is 3.76. The van der Waals surface area contributed by atoms with E-state index in [1.54, 1.807) is 0 Å². The largest absolute Gasteiger partial charge is 0.377 e. The Bertz CT molecular complexity index is 656. The van der Waals surface area contributed by atoms with Crippen molar-refractivity contribution in [3.05, 3.63) is 46.4 Å². The molecule has 2 aromatic carbocycles. The highest BCUT2D eigenvalue weighted by atomic mass is 79.9. The van der Waals surface area contributed by atoms with Crippen LogP contribution in [0, 0.1) is 0 Å². The summed E-state index contributed by atoms with van der Waals surface area (Å²) in [6.07, 6.45) is 0. The second-order valence-corrected chi connectivity index (χ2v) is 6.04. The van der Waals surface area contributed by atoms with Gasteiger partial charge in [0, 0.05) is 16.6 Å². The predicted molar refractivity (Wildman–Crippen MR) is 83.0 cm³/mol. The summed E-state index contributed by atoms with van der Waals surface area (Å²) in [5, 5.41) is 2.21. The molecule has 0 bridgehead atoms. The molecule has 0 radical (unpaired) electrons. The van der Waals surface area contributed by atoms with Gasteiger partial charge in [0.15, 0.2) is 0 Å². The van der Waals surface area contributed by atoms with Gasteiger partial charge in [0.25, 0.3) is 5.91 Å². The van der Waals surface area contributed by atoms with Gasteiger partial charge in [-0.05, 0) is 42.0 Å². The molecule has 0 saturated carbocycles. The first-order chi connectivity index (χ1) is 9.65. The van der Waals surface area contributed by atoms with E-state index in [1.165, 1.54) is 0 Å². The third kappa shape index (κ3) is 2.58. The fourth-order valence-corrected chi connectivity index (χ4v) is 2.92. The van der Waals surface area contributed by atoms with Crippen LogP contribution in [0.1, 0.15) is 17.3 Å². The highest BCUT2D eigenvalue weighted by Crippen LogP contribution is 2.22. The average Bonchev–Trinajstić information content (AvgIpc) is 2.46. The molecule has 1 fully saturated rings. The monoisotopic (exact) mass is 333 g/mol. The highest BCUT2D eigenvalue weighted by molar-refractivity contribution is 9.10. The van der Waals surface area contributed by atoms with Crippen LogP contribution in [0.3, 0.4) is 0 Å². The number of carbonyl (C=O) groups is 1. The van der Waals surface area contributed by atoms with Gasteiger partial charge >= 0.3 is 0 Å². The van der Waals surface area contributed by atoms with Crippen molar-refractivity contribution in [2.45, 2.75) is 13.0 Å². The van der Waals surface area contributed by atoms with Gasteiger partial charge in [0.2, 0.25) is 0 Å². The Balaban J connectivity index is 1.93. The SMILES string of the molecule is CC1COCCN1C(=O)c1ccc2cc(Br)ccc2c1. The molecule has 3 rings (SSSR count). The van der Waals surface area contributed by atoms with E-state index >= 15 is 0 Å². The lowest BCUT2D eigenvalue weighted by molar-refractivity contribution is 0.00360. The Morgan fingerprint density at radius 2 is 2.00 bits per heavy atom. The second-order valence-electron chi connectivity index (χ2n) is 5.13. The first-order valence-corrected chi connectivity index (χ1v) is 7.52. The van der Waals surface area contributed by atoms with Crippen molar-refractivity contribution < 1.29 is 9.53 Å². The molecule has 1 unspecified atom stereocenters. The van der Waals surface area contributed by atoms with Gasteiger partial charge in [-0.25, -0.2) is 0 Å². The molecule has 3 nitrogen and oxygen atoms in total. The molecule has 104 valence electrons. The van der Waals surface area contributed by atoms with Crippen molar-refractivity contribution in [3.63, 3.8) is 0 Å². The van der Waals surface area contributed by atoms with Crippen molar-refractivity contribution in [1.29, 1.82) is 0 Å². The fraction of sp³-hybridized carbons (Fsp3) is 0.312. The summed E-state index contributed by atoms with van der Waals surface area (Å²) in [4.78, 5) is 14.5. The third-order valence-corrected chi connectivity index (χ3v) is 4.17. The third-order valence-electron chi connectivity index (χ3n) is 3.68. The number of fused-ring (bicyclic) bond motifs is 1. The standard InChI is InChI=1S/C16H16BrNO2/c1-11-10-20-7-6-18(11)16(19)14-3-2-13-9-15(17)5-4-12(13)8-14/h2-5,8-9,11H,6-7,10H2,1H3. The molecule has 0 aromatic heterocycles. The van der Waals surface area contributed by atoms with E-state index in [2.05, 4.69) is 22.0 Å². The number of ether oxygens (including phenoxy) is 1. The molecule has 1 saturated heterocycles. The summed E-state index contributed by atoms with van der Waals surface area (Å²) in [5.74, 6) is 0.0885. The lowest BCUT2D eigenvalue weighted by Gasteiger charge is -2.33. The van der Waals surface area contributed by atoms with Crippen LogP contribution in [0.4, 0.5) is 0 Å². The Morgan fingerprint density at radius 3 is 2.80 bits per heavy atom. The fourth-order valence-electron chi connectivity index (χ4n) is 2.54. The van der Waals surface area contributed by atoms with Crippen LogP contribution in [0.25, 0.3) is 10.8 Å². The topological polar surface area (TPSA) is 29.5 Å². The molecular formula is C16H16BrNO2. The zero-order valence-corrected chi connectivity index (χ0v) is 12.9. The molecular weight excluding hydrogens is 318 g/mol.